The van der Waals surface area contributed by atoms with Gasteiger partial charge in [-0.05, 0) is 55.5 Å². The second kappa shape index (κ2) is 8.46. The summed E-state index contributed by atoms with van der Waals surface area (Å²) < 4.78 is 18.6. The Morgan fingerprint density at radius 3 is 2.89 bits per heavy atom. The lowest BCUT2D eigenvalue weighted by Gasteiger charge is -2.11. The Kier molecular flexibility index (Phi) is 5.25. The first-order valence-electron chi connectivity index (χ1n) is 11.5. The van der Waals surface area contributed by atoms with Crippen molar-refractivity contribution in [2.75, 3.05) is 5.73 Å². The van der Waals surface area contributed by atoms with E-state index < -0.39 is 0 Å². The van der Waals surface area contributed by atoms with Crippen molar-refractivity contribution in [1.82, 2.24) is 29.3 Å². The molecule has 0 spiro atoms. The zero-order valence-corrected chi connectivity index (χ0v) is 19.9. The molecule has 0 amide bonds. The van der Waals surface area contributed by atoms with E-state index in [9.17, 15) is 4.39 Å². The number of nitrogens with two attached hydrogens (primary N) is 1. The van der Waals surface area contributed by atoms with Crippen LogP contribution in [0.2, 0.25) is 5.02 Å². The molecule has 0 aliphatic heterocycles. The van der Waals surface area contributed by atoms with Gasteiger partial charge in [0.2, 0.25) is 0 Å². The number of hydrogen-bond acceptors (Lipinski definition) is 5. The SMILES string of the molecule is Cn1cc(-c2ncnc3c2ccn3C2C=C(CCc3cc(F)c4cc(Cl)c(N)nc4c3)CC2)cn1. The lowest BCUT2D eigenvalue weighted by molar-refractivity contribution is 0.603. The molecule has 1 aromatic carbocycles. The van der Waals surface area contributed by atoms with Crippen molar-refractivity contribution in [3.05, 3.63) is 77.2 Å². The number of nitrogens with zero attached hydrogens (tertiary/aromatic N) is 6. The largest absolute Gasteiger partial charge is 0.382 e. The summed E-state index contributed by atoms with van der Waals surface area (Å²) in [6.45, 7) is 0. The summed E-state index contributed by atoms with van der Waals surface area (Å²) in [7, 11) is 1.89. The Balaban J connectivity index is 1.23. The fraction of sp³-hybridized carbons (Fsp3) is 0.231. The van der Waals surface area contributed by atoms with E-state index in [4.69, 9.17) is 17.3 Å². The van der Waals surface area contributed by atoms with Crippen molar-refractivity contribution >= 4 is 39.4 Å². The molecule has 35 heavy (non-hydrogen) atoms. The number of rotatable bonds is 5. The van der Waals surface area contributed by atoms with Crippen LogP contribution in [0.4, 0.5) is 10.2 Å². The Hall–Kier alpha value is -3.78. The van der Waals surface area contributed by atoms with E-state index >= 15 is 0 Å². The van der Waals surface area contributed by atoms with Crippen LogP contribution in [-0.4, -0.2) is 29.3 Å². The fourth-order valence-corrected chi connectivity index (χ4v) is 5.09. The predicted octanol–water partition coefficient (Wildman–Crippen LogP) is 5.65. The van der Waals surface area contributed by atoms with Gasteiger partial charge in [0.25, 0.3) is 0 Å². The minimum Gasteiger partial charge on any atom is -0.382 e. The van der Waals surface area contributed by atoms with E-state index in [1.54, 1.807) is 17.1 Å². The Bertz CT molecular complexity index is 1620. The molecule has 0 radical (unpaired) electrons. The first kappa shape index (κ1) is 21.7. The molecule has 0 bridgehead atoms. The second-order valence-corrected chi connectivity index (χ2v) is 9.42. The van der Waals surface area contributed by atoms with Gasteiger partial charge in [0, 0.05) is 35.8 Å². The van der Waals surface area contributed by atoms with E-state index in [1.807, 2.05) is 25.5 Å². The van der Waals surface area contributed by atoms with Gasteiger partial charge in [0.05, 0.1) is 28.5 Å². The molecule has 6 rings (SSSR count). The van der Waals surface area contributed by atoms with Crippen LogP contribution in [0.15, 0.2) is 60.8 Å². The molecule has 0 fully saturated rings. The zero-order chi connectivity index (χ0) is 24.1. The highest BCUT2D eigenvalue weighted by Gasteiger charge is 2.21. The van der Waals surface area contributed by atoms with Gasteiger partial charge in [0.15, 0.2) is 0 Å². The molecule has 5 aromatic rings. The van der Waals surface area contributed by atoms with E-state index in [1.165, 1.54) is 11.6 Å². The highest BCUT2D eigenvalue weighted by molar-refractivity contribution is 6.33. The number of nitrogen functional groups attached to an aromatic ring is 1. The van der Waals surface area contributed by atoms with Gasteiger partial charge in [-0.2, -0.15) is 5.10 Å². The molecule has 1 aliphatic rings. The van der Waals surface area contributed by atoms with E-state index in [0.717, 1.165) is 53.5 Å². The molecule has 4 aromatic heterocycles. The molecule has 9 heteroatoms. The van der Waals surface area contributed by atoms with Crippen LogP contribution >= 0.6 is 11.6 Å². The van der Waals surface area contributed by atoms with Gasteiger partial charge < -0.3 is 10.3 Å². The fourth-order valence-electron chi connectivity index (χ4n) is 4.94. The number of fused-ring (bicyclic) bond motifs is 2. The van der Waals surface area contributed by atoms with E-state index in [-0.39, 0.29) is 22.7 Å². The van der Waals surface area contributed by atoms with Gasteiger partial charge in [0.1, 0.15) is 23.6 Å². The summed E-state index contributed by atoms with van der Waals surface area (Å²) in [5, 5.41) is 5.94. The Morgan fingerprint density at radius 2 is 2.06 bits per heavy atom. The summed E-state index contributed by atoms with van der Waals surface area (Å²) in [6.07, 6.45) is 13.4. The molecule has 1 atom stereocenters. The average Bonchev–Trinajstić information content (AvgIpc) is 3.58. The van der Waals surface area contributed by atoms with E-state index in [2.05, 4.69) is 43.0 Å². The molecule has 7 nitrogen and oxygen atoms in total. The van der Waals surface area contributed by atoms with Gasteiger partial charge in [-0.25, -0.2) is 19.3 Å². The standard InChI is InChI=1S/C26H23ClFN7/c1-34-13-17(12-32-34)24-19-6-7-35(26(19)31-14-30-24)18-5-4-15(8-18)2-3-16-9-22(28)20-11-21(27)25(29)33-23(20)10-16/h6-14,18H,2-5H2,1H3,(H2,29,33). The van der Waals surface area contributed by atoms with Gasteiger partial charge in [-0.1, -0.05) is 23.3 Å². The predicted molar refractivity (Wildman–Crippen MR) is 136 cm³/mol. The molecule has 0 saturated carbocycles. The second-order valence-electron chi connectivity index (χ2n) is 9.02. The van der Waals surface area contributed by atoms with Gasteiger partial charge in [-0.15, -0.1) is 0 Å². The van der Waals surface area contributed by atoms with Crippen molar-refractivity contribution in [2.45, 2.75) is 31.7 Å². The number of allylic oxidation sites excluding steroid dienone is 2. The summed E-state index contributed by atoms with van der Waals surface area (Å²) in [5.74, 6) is -0.111. The third-order valence-corrected chi connectivity index (χ3v) is 7.00. The number of pyridine rings is 1. The third kappa shape index (κ3) is 3.93. The lowest BCUT2D eigenvalue weighted by atomic mass is 10.0. The Labute approximate surface area is 206 Å². The Morgan fingerprint density at radius 1 is 1.17 bits per heavy atom. The molecule has 176 valence electrons. The summed E-state index contributed by atoms with van der Waals surface area (Å²) in [6, 6.07) is 7.31. The van der Waals surface area contributed by atoms with Gasteiger partial charge in [-0.3, -0.25) is 4.68 Å². The van der Waals surface area contributed by atoms with Crippen LogP contribution in [-0.2, 0) is 13.5 Å². The maximum absolute atomic E-state index is 14.6. The van der Waals surface area contributed by atoms with E-state index in [0.29, 0.717) is 10.9 Å². The zero-order valence-electron chi connectivity index (χ0n) is 19.1. The number of anilines is 1. The quantitative estimate of drug-likeness (QED) is 0.324. The summed E-state index contributed by atoms with van der Waals surface area (Å²) in [4.78, 5) is 13.3. The molecular formula is C26H23ClFN7. The molecule has 1 aliphatic carbocycles. The van der Waals surface area contributed by atoms with Gasteiger partial charge >= 0.3 is 0 Å². The van der Waals surface area contributed by atoms with Crippen molar-refractivity contribution in [3.63, 3.8) is 0 Å². The maximum atomic E-state index is 14.6. The normalized spacial score (nSPS) is 15.9. The number of benzene rings is 1. The molecular weight excluding hydrogens is 465 g/mol. The smallest absolute Gasteiger partial charge is 0.144 e. The summed E-state index contributed by atoms with van der Waals surface area (Å²) >= 11 is 6.00. The van der Waals surface area contributed by atoms with Crippen molar-refractivity contribution in [1.29, 1.82) is 0 Å². The number of aryl methyl sites for hydroxylation is 2. The van der Waals surface area contributed by atoms with Crippen molar-refractivity contribution in [2.24, 2.45) is 7.05 Å². The number of hydrogen-bond donors (Lipinski definition) is 1. The average molecular weight is 488 g/mol. The van der Waals surface area contributed by atoms with Crippen LogP contribution < -0.4 is 5.73 Å². The first-order valence-corrected chi connectivity index (χ1v) is 11.9. The summed E-state index contributed by atoms with van der Waals surface area (Å²) in [5.41, 5.74) is 11.4. The van der Waals surface area contributed by atoms with Crippen LogP contribution in [0.25, 0.3) is 33.2 Å². The lowest BCUT2D eigenvalue weighted by Crippen LogP contribution is -2.03. The molecule has 1 unspecified atom stereocenters. The minimum absolute atomic E-state index is 0.214. The van der Waals surface area contributed by atoms with Crippen LogP contribution in [0.3, 0.4) is 0 Å². The third-order valence-electron chi connectivity index (χ3n) is 6.69. The number of halogens is 2. The highest BCUT2D eigenvalue weighted by Crippen LogP contribution is 2.35. The topological polar surface area (TPSA) is 87.4 Å². The molecule has 4 heterocycles. The van der Waals surface area contributed by atoms with Crippen LogP contribution in [0, 0.1) is 5.82 Å². The van der Waals surface area contributed by atoms with Crippen molar-refractivity contribution in [3.8, 4) is 11.3 Å². The molecule has 2 N–H and O–H groups in total. The first-order chi connectivity index (χ1) is 17.0. The number of aromatic nitrogens is 6. The monoisotopic (exact) mass is 487 g/mol. The van der Waals surface area contributed by atoms with Crippen LogP contribution in [0.1, 0.15) is 30.9 Å². The minimum atomic E-state index is -0.326. The van der Waals surface area contributed by atoms with Crippen molar-refractivity contribution < 1.29 is 4.39 Å². The van der Waals surface area contributed by atoms with Crippen LogP contribution in [0.5, 0.6) is 0 Å². The maximum Gasteiger partial charge on any atom is 0.144 e. The molecule has 0 saturated heterocycles. The highest BCUT2D eigenvalue weighted by atomic mass is 35.5.